The predicted octanol–water partition coefficient (Wildman–Crippen LogP) is -0.495. The number of nitrogen functional groups attached to an aromatic ring is 1. The van der Waals surface area contributed by atoms with Crippen molar-refractivity contribution in [2.45, 2.75) is 0 Å². The molecule has 0 atom stereocenters. The molecule has 2 aromatic rings. The Kier molecular flexibility index (Phi) is 4.43. The first-order valence-corrected chi connectivity index (χ1v) is 6.54. The molecule has 2 heterocycles. The third-order valence-electron chi connectivity index (χ3n) is 2.35. The Morgan fingerprint density at radius 3 is 2.80 bits per heavy atom. The molecule has 0 fully saturated rings. The first kappa shape index (κ1) is 14.2. The number of hydrogen-bond donors (Lipinski definition) is 3. The van der Waals surface area contributed by atoms with Crippen LogP contribution in [0.2, 0.25) is 0 Å². The highest BCUT2D eigenvalue weighted by Gasteiger charge is 2.17. The van der Waals surface area contributed by atoms with Crippen LogP contribution in [0.1, 0.15) is 9.67 Å². The molecule has 106 valence electrons. The number of fused-ring (bicyclic) bond motifs is 1. The van der Waals surface area contributed by atoms with Crippen LogP contribution < -0.4 is 16.8 Å². The van der Waals surface area contributed by atoms with Crippen LogP contribution in [0.25, 0.3) is 10.3 Å². The lowest BCUT2D eigenvalue weighted by atomic mass is 10.3. The smallest absolute Gasteiger partial charge is 0.263 e. The van der Waals surface area contributed by atoms with E-state index in [4.69, 9.17) is 16.2 Å². The molecule has 2 amide bonds. The normalized spacial score (nSPS) is 10.6. The number of nitrogens with one attached hydrogen (secondary N) is 1. The van der Waals surface area contributed by atoms with Crippen LogP contribution in [-0.2, 0) is 9.53 Å². The van der Waals surface area contributed by atoms with Gasteiger partial charge < -0.3 is 21.5 Å². The lowest BCUT2D eigenvalue weighted by Crippen LogP contribution is -2.28. The zero-order chi connectivity index (χ0) is 14.5. The van der Waals surface area contributed by atoms with Crippen LogP contribution in [-0.4, -0.2) is 41.5 Å². The monoisotopic (exact) mass is 295 g/mol. The number of amides is 2. The average molecular weight is 295 g/mol. The predicted molar refractivity (Wildman–Crippen MR) is 74.2 cm³/mol. The Morgan fingerprint density at radius 2 is 2.10 bits per heavy atom. The molecule has 2 aromatic heterocycles. The number of carbonyl (C=O) groups is 2. The molecule has 0 bridgehead atoms. The lowest BCUT2D eigenvalue weighted by Gasteiger charge is -2.04. The summed E-state index contributed by atoms with van der Waals surface area (Å²) in [5, 5.41) is 2.63. The molecule has 0 unspecified atom stereocenters. The summed E-state index contributed by atoms with van der Waals surface area (Å²) < 4.78 is 4.93. The minimum atomic E-state index is -0.553. The van der Waals surface area contributed by atoms with E-state index < -0.39 is 5.91 Å². The van der Waals surface area contributed by atoms with Gasteiger partial charge in [-0.15, -0.1) is 11.3 Å². The van der Waals surface area contributed by atoms with Gasteiger partial charge in [0.05, 0.1) is 12.3 Å². The van der Waals surface area contributed by atoms with Crippen molar-refractivity contribution in [2.24, 2.45) is 5.73 Å². The van der Waals surface area contributed by atoms with Gasteiger partial charge in [-0.05, 0) is 0 Å². The Bertz CT molecular complexity index is 642. The van der Waals surface area contributed by atoms with Crippen LogP contribution in [0, 0.1) is 0 Å². The van der Waals surface area contributed by atoms with Gasteiger partial charge in [-0.3, -0.25) is 9.59 Å². The van der Waals surface area contributed by atoms with Gasteiger partial charge in [0.25, 0.3) is 5.91 Å². The topological polar surface area (TPSA) is 133 Å². The van der Waals surface area contributed by atoms with Crippen molar-refractivity contribution in [1.82, 2.24) is 15.3 Å². The van der Waals surface area contributed by atoms with Gasteiger partial charge in [-0.1, -0.05) is 0 Å². The van der Waals surface area contributed by atoms with Crippen molar-refractivity contribution in [1.29, 1.82) is 0 Å². The summed E-state index contributed by atoms with van der Waals surface area (Å²) in [5.41, 5.74) is 11.6. The third-order valence-corrected chi connectivity index (χ3v) is 3.45. The minimum absolute atomic E-state index is 0.172. The van der Waals surface area contributed by atoms with Crippen molar-refractivity contribution in [3.05, 3.63) is 17.3 Å². The van der Waals surface area contributed by atoms with Gasteiger partial charge in [-0.2, -0.15) is 0 Å². The lowest BCUT2D eigenvalue weighted by molar-refractivity contribution is -0.122. The fourth-order valence-corrected chi connectivity index (χ4v) is 2.44. The van der Waals surface area contributed by atoms with Crippen LogP contribution in [0.3, 0.4) is 0 Å². The summed E-state index contributed by atoms with van der Waals surface area (Å²) >= 11 is 1.18. The SMILES string of the molecule is NC(=O)COCCNC(=O)c1sc2nccnc2c1N. The van der Waals surface area contributed by atoms with Gasteiger partial charge in [0, 0.05) is 18.9 Å². The van der Waals surface area contributed by atoms with Crippen LogP contribution in [0.15, 0.2) is 12.4 Å². The van der Waals surface area contributed by atoms with Gasteiger partial charge in [0.1, 0.15) is 21.8 Å². The maximum absolute atomic E-state index is 11.9. The van der Waals surface area contributed by atoms with E-state index in [0.29, 0.717) is 20.9 Å². The van der Waals surface area contributed by atoms with E-state index in [1.54, 1.807) is 0 Å². The maximum atomic E-state index is 11.9. The number of thiophene rings is 1. The third kappa shape index (κ3) is 3.19. The number of hydrogen-bond acceptors (Lipinski definition) is 7. The summed E-state index contributed by atoms with van der Waals surface area (Å²) in [6, 6.07) is 0. The number of nitrogens with two attached hydrogens (primary N) is 2. The van der Waals surface area contributed by atoms with E-state index in [1.165, 1.54) is 23.7 Å². The highest BCUT2D eigenvalue weighted by molar-refractivity contribution is 7.21. The molecule has 2 rings (SSSR count). The van der Waals surface area contributed by atoms with Gasteiger partial charge >= 0.3 is 0 Å². The second-order valence-corrected chi connectivity index (χ2v) is 4.83. The van der Waals surface area contributed by atoms with Gasteiger partial charge in [-0.25, -0.2) is 9.97 Å². The number of nitrogens with zero attached hydrogens (tertiary/aromatic N) is 2. The first-order chi connectivity index (χ1) is 9.59. The molecule has 20 heavy (non-hydrogen) atoms. The first-order valence-electron chi connectivity index (χ1n) is 5.73. The highest BCUT2D eigenvalue weighted by atomic mass is 32.1. The molecule has 0 radical (unpaired) electrons. The molecular weight excluding hydrogens is 282 g/mol. The second-order valence-electron chi connectivity index (χ2n) is 3.83. The summed E-state index contributed by atoms with van der Waals surface area (Å²) in [6.07, 6.45) is 3.06. The highest BCUT2D eigenvalue weighted by Crippen LogP contribution is 2.29. The van der Waals surface area contributed by atoms with E-state index in [1.807, 2.05) is 0 Å². The Morgan fingerprint density at radius 1 is 1.35 bits per heavy atom. The largest absolute Gasteiger partial charge is 0.396 e. The number of rotatable bonds is 6. The molecule has 0 aliphatic rings. The number of ether oxygens (including phenoxy) is 1. The van der Waals surface area contributed by atoms with Crippen molar-refractivity contribution < 1.29 is 14.3 Å². The Hall–Kier alpha value is -2.26. The molecule has 0 aliphatic carbocycles. The van der Waals surface area contributed by atoms with E-state index in [0.717, 1.165) is 0 Å². The zero-order valence-corrected chi connectivity index (χ0v) is 11.3. The summed E-state index contributed by atoms with van der Waals surface area (Å²) in [7, 11) is 0. The van der Waals surface area contributed by atoms with E-state index in [-0.39, 0.29) is 25.7 Å². The molecule has 0 spiro atoms. The van der Waals surface area contributed by atoms with Crippen molar-refractivity contribution >= 4 is 39.2 Å². The molecule has 0 aromatic carbocycles. The van der Waals surface area contributed by atoms with Gasteiger partial charge in [0.2, 0.25) is 5.91 Å². The number of carbonyl (C=O) groups excluding carboxylic acids is 2. The fourth-order valence-electron chi connectivity index (χ4n) is 1.50. The summed E-state index contributed by atoms with van der Waals surface area (Å²) in [4.78, 5) is 31.5. The van der Waals surface area contributed by atoms with Gasteiger partial charge in [0.15, 0.2) is 0 Å². The maximum Gasteiger partial charge on any atom is 0.263 e. The summed E-state index contributed by atoms with van der Waals surface area (Å²) in [6.45, 7) is 0.269. The summed E-state index contributed by atoms with van der Waals surface area (Å²) in [5.74, 6) is -0.878. The van der Waals surface area contributed by atoms with Crippen molar-refractivity contribution in [3.63, 3.8) is 0 Å². The fraction of sp³-hybridized carbons (Fsp3) is 0.273. The molecule has 0 saturated carbocycles. The average Bonchev–Trinajstić information content (AvgIpc) is 2.76. The van der Waals surface area contributed by atoms with E-state index in [9.17, 15) is 9.59 Å². The van der Waals surface area contributed by atoms with E-state index >= 15 is 0 Å². The Labute approximate surface area is 118 Å². The molecule has 9 heteroatoms. The number of primary amides is 1. The number of aromatic nitrogens is 2. The second kappa shape index (κ2) is 6.26. The number of anilines is 1. The van der Waals surface area contributed by atoms with Crippen LogP contribution in [0.5, 0.6) is 0 Å². The molecule has 5 N–H and O–H groups in total. The van der Waals surface area contributed by atoms with Crippen LogP contribution in [0.4, 0.5) is 5.69 Å². The molecular formula is C11H13N5O3S. The molecule has 0 saturated heterocycles. The molecule has 8 nitrogen and oxygen atoms in total. The zero-order valence-electron chi connectivity index (χ0n) is 10.5. The molecule has 0 aliphatic heterocycles. The van der Waals surface area contributed by atoms with Crippen molar-refractivity contribution in [2.75, 3.05) is 25.5 Å². The van der Waals surface area contributed by atoms with E-state index in [2.05, 4.69) is 15.3 Å². The van der Waals surface area contributed by atoms with Crippen molar-refractivity contribution in [3.8, 4) is 0 Å². The Balaban J connectivity index is 1.94. The van der Waals surface area contributed by atoms with Crippen LogP contribution >= 0.6 is 11.3 Å². The minimum Gasteiger partial charge on any atom is -0.396 e. The standard InChI is InChI=1S/C11H13N5O3S/c12-6(17)5-19-4-3-15-10(18)9-7(13)8-11(20-9)16-2-1-14-8/h1-2H,3-5,13H2,(H2,12,17)(H,15,18). The quantitative estimate of drug-likeness (QED) is 0.615.